The molecule has 4 nitrogen and oxygen atoms in total. The molecule has 0 spiro atoms. The van der Waals surface area contributed by atoms with Crippen LogP contribution in [0.1, 0.15) is 11.1 Å². The van der Waals surface area contributed by atoms with Gasteiger partial charge in [0.15, 0.2) is 0 Å². The zero-order valence-corrected chi connectivity index (χ0v) is 13.8. The number of hydrogen-bond acceptors (Lipinski definition) is 3. The Morgan fingerprint density at radius 3 is 2.50 bits per heavy atom. The second-order valence-corrected chi connectivity index (χ2v) is 5.47. The van der Waals surface area contributed by atoms with Gasteiger partial charge in [-0.2, -0.15) is 0 Å². The van der Waals surface area contributed by atoms with E-state index in [4.69, 9.17) is 4.74 Å². The Hall–Kier alpha value is -2.40. The van der Waals surface area contributed by atoms with Crippen LogP contribution < -0.4 is 15.4 Å². The van der Waals surface area contributed by atoms with E-state index in [1.54, 1.807) is 25.3 Å². The average molecular weight is 330 g/mol. The minimum atomic E-state index is -0.232. The Morgan fingerprint density at radius 2 is 1.79 bits per heavy atom. The Labute approximate surface area is 142 Å². The molecule has 0 bridgehead atoms. The fourth-order valence-corrected chi connectivity index (χ4v) is 2.33. The van der Waals surface area contributed by atoms with Gasteiger partial charge in [0.25, 0.3) is 0 Å². The van der Waals surface area contributed by atoms with E-state index in [1.165, 1.54) is 11.6 Å². The highest BCUT2D eigenvalue weighted by molar-refractivity contribution is 5.77. The summed E-state index contributed by atoms with van der Waals surface area (Å²) in [5.74, 6) is 0.520. The largest absolute Gasteiger partial charge is 0.497 e. The monoisotopic (exact) mass is 330 g/mol. The van der Waals surface area contributed by atoms with E-state index in [-0.39, 0.29) is 18.3 Å². The predicted octanol–water partition coefficient (Wildman–Crippen LogP) is 2.33. The summed E-state index contributed by atoms with van der Waals surface area (Å²) in [7, 11) is 1.64. The molecule has 2 aromatic rings. The van der Waals surface area contributed by atoms with E-state index in [2.05, 4.69) is 10.6 Å². The first kappa shape index (κ1) is 17.9. The molecule has 2 rings (SSSR count). The van der Waals surface area contributed by atoms with Crippen LogP contribution in [0, 0.1) is 5.82 Å². The molecule has 0 saturated heterocycles. The minimum Gasteiger partial charge on any atom is -0.497 e. The molecular formula is C19H23FN2O2. The van der Waals surface area contributed by atoms with Crippen LogP contribution in [0.15, 0.2) is 48.5 Å². The Morgan fingerprint density at radius 1 is 1.04 bits per heavy atom. The van der Waals surface area contributed by atoms with Gasteiger partial charge in [-0.05, 0) is 48.7 Å². The van der Waals surface area contributed by atoms with Crippen molar-refractivity contribution in [2.45, 2.75) is 12.8 Å². The number of nitrogens with one attached hydrogen (secondary N) is 2. The molecule has 0 atom stereocenters. The van der Waals surface area contributed by atoms with Crippen molar-refractivity contribution in [3.05, 3.63) is 65.5 Å². The molecule has 0 aromatic heterocycles. The van der Waals surface area contributed by atoms with Gasteiger partial charge in [-0.15, -0.1) is 0 Å². The van der Waals surface area contributed by atoms with Crippen LogP contribution >= 0.6 is 0 Å². The van der Waals surface area contributed by atoms with Crippen molar-refractivity contribution in [1.29, 1.82) is 0 Å². The Bertz CT molecular complexity index is 644. The molecule has 2 N–H and O–H groups in total. The van der Waals surface area contributed by atoms with Crippen molar-refractivity contribution in [2.75, 3.05) is 26.7 Å². The summed E-state index contributed by atoms with van der Waals surface area (Å²) < 4.78 is 18.5. The fourth-order valence-electron chi connectivity index (χ4n) is 2.33. The highest BCUT2D eigenvalue weighted by Gasteiger charge is 2.03. The smallest absolute Gasteiger partial charge is 0.233 e. The fraction of sp³-hybridized carbons (Fsp3) is 0.316. The van der Waals surface area contributed by atoms with Crippen molar-refractivity contribution in [3.63, 3.8) is 0 Å². The van der Waals surface area contributed by atoms with Crippen LogP contribution in [0.5, 0.6) is 5.75 Å². The molecule has 1 amide bonds. The summed E-state index contributed by atoms with van der Waals surface area (Å²) >= 11 is 0. The molecule has 0 aliphatic carbocycles. The van der Waals surface area contributed by atoms with Gasteiger partial charge in [-0.25, -0.2) is 4.39 Å². The van der Waals surface area contributed by atoms with Crippen molar-refractivity contribution in [1.82, 2.24) is 10.6 Å². The number of ether oxygens (including phenoxy) is 1. The molecule has 24 heavy (non-hydrogen) atoms. The lowest BCUT2D eigenvalue weighted by molar-refractivity contribution is -0.120. The highest BCUT2D eigenvalue weighted by atomic mass is 19.1. The maximum absolute atomic E-state index is 13.4. The molecule has 2 aromatic carbocycles. The van der Waals surface area contributed by atoms with Crippen molar-refractivity contribution in [3.8, 4) is 5.75 Å². The number of halogens is 1. The van der Waals surface area contributed by atoms with E-state index in [0.29, 0.717) is 25.1 Å². The van der Waals surface area contributed by atoms with Gasteiger partial charge >= 0.3 is 0 Å². The summed E-state index contributed by atoms with van der Waals surface area (Å²) in [6, 6.07) is 14.5. The van der Waals surface area contributed by atoms with Gasteiger partial charge in [-0.1, -0.05) is 30.3 Å². The number of carbonyl (C=O) groups excluding carboxylic acids is 1. The highest BCUT2D eigenvalue weighted by Crippen LogP contribution is 2.11. The molecule has 0 heterocycles. The lowest BCUT2D eigenvalue weighted by atomic mass is 10.1. The van der Waals surface area contributed by atoms with Gasteiger partial charge < -0.3 is 15.4 Å². The molecule has 0 aliphatic rings. The summed E-state index contributed by atoms with van der Waals surface area (Å²) in [5.41, 5.74) is 1.80. The summed E-state index contributed by atoms with van der Waals surface area (Å²) in [6.07, 6.45) is 1.33. The van der Waals surface area contributed by atoms with Crippen molar-refractivity contribution >= 4 is 5.91 Å². The van der Waals surface area contributed by atoms with E-state index in [9.17, 15) is 9.18 Å². The third-order valence-corrected chi connectivity index (χ3v) is 3.71. The van der Waals surface area contributed by atoms with E-state index < -0.39 is 0 Å². The van der Waals surface area contributed by atoms with Crippen LogP contribution in [-0.4, -0.2) is 32.7 Å². The summed E-state index contributed by atoms with van der Waals surface area (Å²) in [5, 5.41) is 5.89. The van der Waals surface area contributed by atoms with Crippen molar-refractivity contribution < 1.29 is 13.9 Å². The molecule has 0 saturated carbocycles. The molecule has 0 fully saturated rings. The summed E-state index contributed by atoms with van der Waals surface area (Å²) in [4.78, 5) is 11.7. The van der Waals surface area contributed by atoms with Crippen molar-refractivity contribution in [2.24, 2.45) is 0 Å². The topological polar surface area (TPSA) is 50.4 Å². The van der Waals surface area contributed by atoms with Crippen LogP contribution in [0.4, 0.5) is 4.39 Å². The lowest BCUT2D eigenvalue weighted by Crippen LogP contribution is -2.35. The van der Waals surface area contributed by atoms with E-state index in [0.717, 1.165) is 12.2 Å². The SMILES string of the molecule is COc1ccc(CCNCC(=O)NCCc2ccccc2F)cc1. The predicted molar refractivity (Wildman–Crippen MR) is 92.7 cm³/mol. The third-order valence-electron chi connectivity index (χ3n) is 3.71. The van der Waals surface area contributed by atoms with Crippen LogP contribution in [0.25, 0.3) is 0 Å². The Kier molecular flexibility index (Phi) is 7.23. The molecule has 5 heteroatoms. The average Bonchev–Trinajstić information content (AvgIpc) is 2.61. The molecule has 0 unspecified atom stereocenters. The third kappa shape index (κ3) is 6.01. The molecule has 128 valence electrons. The minimum absolute atomic E-state index is 0.0823. The zero-order chi connectivity index (χ0) is 17.2. The number of carbonyl (C=O) groups is 1. The standard InChI is InChI=1S/C19H23FN2O2/c1-24-17-8-6-15(7-9-17)10-12-21-14-19(23)22-13-11-16-4-2-3-5-18(16)20/h2-9,21H,10-14H2,1H3,(H,22,23). The normalized spacial score (nSPS) is 10.4. The van der Waals surface area contributed by atoms with Gasteiger partial charge in [0.1, 0.15) is 11.6 Å². The Balaban J connectivity index is 1.58. The quantitative estimate of drug-likeness (QED) is 0.694. The van der Waals surface area contributed by atoms with Gasteiger partial charge in [0.2, 0.25) is 5.91 Å². The van der Waals surface area contributed by atoms with Crippen LogP contribution in [-0.2, 0) is 17.6 Å². The molecule has 0 aliphatic heterocycles. The summed E-state index contributed by atoms with van der Waals surface area (Å²) in [6.45, 7) is 1.40. The van der Waals surface area contributed by atoms with Gasteiger partial charge in [0, 0.05) is 6.54 Å². The maximum Gasteiger partial charge on any atom is 0.233 e. The second-order valence-electron chi connectivity index (χ2n) is 5.47. The number of rotatable bonds is 9. The number of hydrogen-bond donors (Lipinski definition) is 2. The van der Waals surface area contributed by atoms with Gasteiger partial charge in [0.05, 0.1) is 13.7 Å². The van der Waals surface area contributed by atoms with Gasteiger partial charge in [-0.3, -0.25) is 4.79 Å². The first-order valence-electron chi connectivity index (χ1n) is 8.03. The molecule has 0 radical (unpaired) electrons. The van der Waals surface area contributed by atoms with Crippen LogP contribution in [0.3, 0.4) is 0 Å². The van der Waals surface area contributed by atoms with Crippen LogP contribution in [0.2, 0.25) is 0 Å². The lowest BCUT2D eigenvalue weighted by Gasteiger charge is -2.08. The van der Waals surface area contributed by atoms with E-state index in [1.807, 2.05) is 24.3 Å². The first-order valence-corrected chi connectivity index (χ1v) is 8.03. The number of benzene rings is 2. The zero-order valence-electron chi connectivity index (χ0n) is 13.8. The number of amides is 1. The molecular weight excluding hydrogens is 307 g/mol. The maximum atomic E-state index is 13.4. The van der Waals surface area contributed by atoms with E-state index >= 15 is 0 Å². The number of methoxy groups -OCH3 is 1. The second kappa shape index (κ2) is 9.67. The first-order chi connectivity index (χ1) is 11.7.